The number of anilines is 2. The molecular weight excluding hydrogens is 596 g/mol. The van der Waals surface area contributed by atoms with Crippen molar-refractivity contribution < 1.29 is 19.5 Å². The Bertz CT molecular complexity index is 1870. The molecule has 0 aliphatic carbocycles. The number of hydrogen-bond donors (Lipinski definition) is 3. The number of fused-ring (bicyclic) bond motifs is 2. The first-order chi connectivity index (χ1) is 22.7. The fourth-order valence-corrected chi connectivity index (χ4v) is 7.50. The van der Waals surface area contributed by atoms with Crippen LogP contribution in [0.25, 0.3) is 11.0 Å². The van der Waals surface area contributed by atoms with Gasteiger partial charge in [0, 0.05) is 87.8 Å². The predicted octanol–water partition coefficient (Wildman–Crippen LogP) is 2.51. The maximum Gasteiger partial charge on any atom is 0.255 e. The summed E-state index contributed by atoms with van der Waals surface area (Å²) >= 11 is 0. The van der Waals surface area contributed by atoms with E-state index in [1.165, 1.54) is 16.2 Å². The van der Waals surface area contributed by atoms with E-state index < -0.39 is 17.6 Å². The molecule has 0 bridgehead atoms. The van der Waals surface area contributed by atoms with Gasteiger partial charge < -0.3 is 24.8 Å². The monoisotopic (exact) mass is 634 g/mol. The maximum atomic E-state index is 13.0. The number of likely N-dealkylation sites (tertiary alicyclic amines) is 1. The number of imide groups is 1. The van der Waals surface area contributed by atoms with Crippen LogP contribution in [0.4, 0.5) is 11.6 Å². The van der Waals surface area contributed by atoms with Crippen LogP contribution in [0.3, 0.4) is 0 Å². The third kappa shape index (κ3) is 5.51. The van der Waals surface area contributed by atoms with Gasteiger partial charge >= 0.3 is 0 Å². The van der Waals surface area contributed by atoms with E-state index in [4.69, 9.17) is 0 Å². The number of benzene rings is 2. The summed E-state index contributed by atoms with van der Waals surface area (Å²) in [6.07, 6.45) is 6.44. The van der Waals surface area contributed by atoms with Crippen molar-refractivity contribution >= 4 is 40.4 Å². The number of nitrogens with zero attached hydrogens (tertiary/aromatic N) is 6. The van der Waals surface area contributed by atoms with Crippen LogP contribution in [0.1, 0.15) is 52.7 Å². The molecule has 3 fully saturated rings. The maximum absolute atomic E-state index is 13.0. The summed E-state index contributed by atoms with van der Waals surface area (Å²) in [6, 6.07) is 15.9. The number of β-amino-alcohol motifs (C(OH)–C–C–N with tert-alkyl or cyclic N) is 1. The molecule has 6 heterocycles. The summed E-state index contributed by atoms with van der Waals surface area (Å²) in [4.78, 5) is 52.3. The van der Waals surface area contributed by atoms with Crippen molar-refractivity contribution in [1.29, 1.82) is 0 Å². The van der Waals surface area contributed by atoms with E-state index in [9.17, 15) is 19.5 Å². The van der Waals surface area contributed by atoms with E-state index in [2.05, 4.69) is 54.7 Å². The van der Waals surface area contributed by atoms with Gasteiger partial charge in [0.25, 0.3) is 5.91 Å². The smallest absolute Gasteiger partial charge is 0.255 e. The molecule has 4 aliphatic rings. The summed E-state index contributed by atoms with van der Waals surface area (Å²) < 4.78 is 2.01. The van der Waals surface area contributed by atoms with Crippen molar-refractivity contribution in [3.8, 4) is 0 Å². The topological polar surface area (TPSA) is 136 Å². The molecule has 1 unspecified atom stereocenters. The zero-order valence-corrected chi connectivity index (χ0v) is 26.4. The van der Waals surface area contributed by atoms with Crippen LogP contribution in [-0.2, 0) is 35.3 Å². The molecule has 3 saturated heterocycles. The van der Waals surface area contributed by atoms with Crippen molar-refractivity contribution in [1.82, 2.24) is 29.7 Å². The van der Waals surface area contributed by atoms with Crippen LogP contribution in [0.15, 0.2) is 60.9 Å². The van der Waals surface area contributed by atoms with Crippen molar-refractivity contribution in [2.75, 3.05) is 36.4 Å². The Hall–Kier alpha value is -4.81. The molecule has 242 valence electrons. The lowest BCUT2D eigenvalue weighted by atomic mass is 9.84. The SMILES string of the molecule is Cn1ccc2cnc(NC3CCN(c4ccc(CN5CC(O)(c6ccc7c(c6)CN(C6CCC(=O)NC6=O)C7=O)C5)cc4)CC3)nc21. The van der Waals surface area contributed by atoms with Gasteiger partial charge in [0.1, 0.15) is 17.3 Å². The summed E-state index contributed by atoms with van der Waals surface area (Å²) in [5.41, 5.74) is 4.50. The number of nitrogens with one attached hydrogen (secondary N) is 2. The summed E-state index contributed by atoms with van der Waals surface area (Å²) in [5.74, 6) is -0.247. The summed E-state index contributed by atoms with van der Waals surface area (Å²) in [6.45, 7) is 3.96. The molecule has 8 rings (SSSR count). The van der Waals surface area contributed by atoms with Crippen LogP contribution in [0, 0.1) is 0 Å². The largest absolute Gasteiger partial charge is 0.382 e. The lowest BCUT2D eigenvalue weighted by Gasteiger charge is -2.47. The number of carbonyl (C=O) groups is 3. The third-order valence-electron chi connectivity index (χ3n) is 10.2. The first kappa shape index (κ1) is 29.6. The van der Waals surface area contributed by atoms with Crippen molar-refractivity contribution in [2.24, 2.45) is 7.05 Å². The first-order valence-electron chi connectivity index (χ1n) is 16.3. The highest BCUT2D eigenvalue weighted by Crippen LogP contribution is 2.36. The Morgan fingerprint density at radius 3 is 2.57 bits per heavy atom. The van der Waals surface area contributed by atoms with Crippen LogP contribution in [-0.4, -0.2) is 85.4 Å². The Kier molecular flexibility index (Phi) is 7.21. The highest BCUT2D eigenvalue weighted by atomic mass is 16.3. The molecule has 0 saturated carbocycles. The lowest BCUT2D eigenvalue weighted by Crippen LogP contribution is -2.58. The van der Waals surface area contributed by atoms with E-state index >= 15 is 0 Å². The van der Waals surface area contributed by atoms with Gasteiger partial charge in [0.2, 0.25) is 17.8 Å². The third-order valence-corrected chi connectivity index (χ3v) is 10.2. The van der Waals surface area contributed by atoms with E-state index in [1.807, 2.05) is 42.2 Å². The van der Waals surface area contributed by atoms with Gasteiger partial charge in [-0.05, 0) is 60.2 Å². The van der Waals surface area contributed by atoms with Crippen LogP contribution in [0.2, 0.25) is 0 Å². The van der Waals surface area contributed by atoms with Crippen LogP contribution in [0.5, 0.6) is 0 Å². The minimum atomic E-state index is -0.990. The first-order valence-corrected chi connectivity index (χ1v) is 16.3. The second kappa shape index (κ2) is 11.5. The van der Waals surface area contributed by atoms with Gasteiger partial charge in [-0.2, -0.15) is 4.98 Å². The van der Waals surface area contributed by atoms with Gasteiger partial charge in [-0.25, -0.2) is 4.98 Å². The Labute approximate surface area is 272 Å². The fourth-order valence-electron chi connectivity index (χ4n) is 7.50. The van der Waals surface area contributed by atoms with Crippen LogP contribution >= 0.6 is 0 Å². The summed E-state index contributed by atoms with van der Waals surface area (Å²) in [5, 5.41) is 18.3. The molecule has 0 radical (unpaired) electrons. The molecule has 4 aromatic rings. The highest BCUT2D eigenvalue weighted by molar-refractivity contribution is 6.05. The molecule has 4 aliphatic heterocycles. The molecule has 3 amide bonds. The lowest BCUT2D eigenvalue weighted by molar-refractivity contribution is -0.136. The van der Waals surface area contributed by atoms with Crippen LogP contribution < -0.4 is 15.5 Å². The predicted molar refractivity (Wildman–Crippen MR) is 175 cm³/mol. The Morgan fingerprint density at radius 1 is 1.02 bits per heavy atom. The van der Waals surface area contributed by atoms with Gasteiger partial charge in [0.15, 0.2) is 0 Å². The van der Waals surface area contributed by atoms with Crippen molar-refractivity contribution in [3.63, 3.8) is 0 Å². The number of amides is 3. The average molecular weight is 635 g/mol. The number of rotatable bonds is 7. The number of aliphatic hydroxyl groups is 1. The summed E-state index contributed by atoms with van der Waals surface area (Å²) in [7, 11) is 1.99. The molecule has 2 aromatic heterocycles. The molecule has 3 N–H and O–H groups in total. The fraction of sp³-hybridized carbons (Fsp3) is 0.400. The normalized spacial score (nSPS) is 21.6. The van der Waals surface area contributed by atoms with E-state index in [0.717, 1.165) is 54.6 Å². The minimum Gasteiger partial charge on any atom is -0.382 e. The molecule has 47 heavy (non-hydrogen) atoms. The molecular formula is C35H38N8O4. The Morgan fingerprint density at radius 2 is 1.81 bits per heavy atom. The molecule has 2 aromatic carbocycles. The van der Waals surface area contributed by atoms with Crippen molar-refractivity contribution in [2.45, 2.75) is 56.5 Å². The number of aryl methyl sites for hydroxylation is 1. The van der Waals surface area contributed by atoms with E-state index in [0.29, 0.717) is 43.6 Å². The van der Waals surface area contributed by atoms with E-state index in [-0.39, 0.29) is 18.2 Å². The van der Waals surface area contributed by atoms with Gasteiger partial charge in [-0.15, -0.1) is 0 Å². The van der Waals surface area contributed by atoms with Crippen molar-refractivity contribution in [3.05, 3.63) is 83.2 Å². The number of piperidine rings is 2. The zero-order chi connectivity index (χ0) is 32.3. The second-order valence-corrected chi connectivity index (χ2v) is 13.4. The highest BCUT2D eigenvalue weighted by Gasteiger charge is 2.44. The number of carbonyl (C=O) groups excluding carboxylic acids is 3. The molecule has 0 spiro atoms. The standard InChI is InChI=1S/C35H38N8O4/c1-40-13-10-23-17-36-34(39-31(23)40)37-26-11-14-42(15-12-26)27-5-2-22(3-6-27)18-41-20-35(47,21-41)25-4-7-28-24(16-25)19-43(33(28)46)29-8-9-30(44)38-32(29)45/h2-7,10,13,16-17,26,29,47H,8-9,11-12,14-15,18-21H2,1H3,(H,36,37,39)(H,38,44,45). The number of hydrogen-bond acceptors (Lipinski definition) is 9. The zero-order valence-electron chi connectivity index (χ0n) is 26.4. The van der Waals surface area contributed by atoms with E-state index in [1.54, 1.807) is 6.07 Å². The number of aromatic nitrogens is 3. The average Bonchev–Trinajstić information content (AvgIpc) is 3.59. The molecule has 12 heteroatoms. The Balaban J connectivity index is 0.830. The van der Waals surface area contributed by atoms with Gasteiger partial charge in [-0.1, -0.05) is 24.3 Å². The minimum absolute atomic E-state index is 0.205. The molecule has 1 atom stereocenters. The van der Waals surface area contributed by atoms with Gasteiger partial charge in [0.05, 0.1) is 0 Å². The second-order valence-electron chi connectivity index (χ2n) is 13.4. The molecule has 12 nitrogen and oxygen atoms in total. The quantitative estimate of drug-likeness (QED) is 0.262. The van der Waals surface area contributed by atoms with Gasteiger partial charge in [-0.3, -0.25) is 24.6 Å².